The Morgan fingerprint density at radius 3 is 2.26 bits per heavy atom. The van der Waals surface area contributed by atoms with Crippen molar-refractivity contribution in [1.29, 1.82) is 0 Å². The van der Waals surface area contributed by atoms with Crippen molar-refractivity contribution in [3.63, 3.8) is 0 Å². The topological polar surface area (TPSA) is 260 Å². The van der Waals surface area contributed by atoms with Crippen molar-refractivity contribution in [1.82, 2.24) is 30.0 Å². The number of carbonyl (C=O) groups excluding carboxylic acids is 6. The molecule has 394 valence electrons. The number of piperidine rings is 1. The van der Waals surface area contributed by atoms with Gasteiger partial charge >= 0.3 is 6.03 Å². The second-order valence-corrected chi connectivity index (χ2v) is 17.9. The Bertz CT molecular complexity index is 2850. The highest BCUT2D eigenvalue weighted by Crippen LogP contribution is 2.42. The number of anilines is 3. The largest absolute Gasteiger partial charge is 0.508 e. The van der Waals surface area contributed by atoms with Gasteiger partial charge in [0.1, 0.15) is 23.1 Å². The van der Waals surface area contributed by atoms with E-state index in [4.69, 9.17) is 41.3 Å². The average Bonchev–Trinajstić information content (AvgIpc) is 3.39. The summed E-state index contributed by atoms with van der Waals surface area (Å²) in [6.45, 7) is 4.65. The number of aromatic hydroxyl groups is 1. The van der Waals surface area contributed by atoms with E-state index in [0.29, 0.717) is 118 Å². The van der Waals surface area contributed by atoms with E-state index in [-0.39, 0.29) is 83.9 Å². The van der Waals surface area contributed by atoms with E-state index < -0.39 is 35.6 Å². The highest BCUT2D eigenvalue weighted by Gasteiger charge is 2.34. The molecule has 1 aromatic heterocycles. The van der Waals surface area contributed by atoms with Crippen LogP contribution in [0.2, 0.25) is 5.02 Å². The van der Waals surface area contributed by atoms with Crippen LogP contribution in [-0.4, -0.2) is 185 Å². The Morgan fingerprint density at radius 2 is 1.57 bits per heavy atom. The highest BCUT2D eigenvalue weighted by molar-refractivity contribution is 6.35. The fraction of sp³-hybridized carbons (Fsp3) is 0.412. The highest BCUT2D eigenvalue weighted by atomic mass is 35.5. The third-order valence-electron chi connectivity index (χ3n) is 12.6. The van der Waals surface area contributed by atoms with Crippen molar-refractivity contribution < 1.29 is 57.2 Å². The zero-order valence-electron chi connectivity index (χ0n) is 41.2. The van der Waals surface area contributed by atoms with Crippen molar-refractivity contribution in [2.75, 3.05) is 128 Å². The summed E-state index contributed by atoms with van der Waals surface area (Å²) >= 11 is 6.84. The molecule has 23 heteroatoms. The Balaban J connectivity index is 0.794. The molecule has 7 rings (SSSR count). The molecule has 0 radical (unpaired) electrons. The van der Waals surface area contributed by atoms with Gasteiger partial charge in [-0.1, -0.05) is 48.0 Å². The molecule has 21 nitrogen and oxygen atoms in total. The van der Waals surface area contributed by atoms with Gasteiger partial charge < -0.3 is 60.0 Å². The van der Waals surface area contributed by atoms with Crippen LogP contribution in [0.3, 0.4) is 0 Å². The van der Waals surface area contributed by atoms with E-state index in [2.05, 4.69) is 20.9 Å². The predicted molar refractivity (Wildman–Crippen MR) is 275 cm³/mol. The molecule has 2 fully saturated rings. The lowest BCUT2D eigenvalue weighted by Gasteiger charge is -2.35. The molecule has 1 unspecified atom stereocenters. The van der Waals surface area contributed by atoms with E-state index in [9.17, 15) is 33.9 Å². The van der Waals surface area contributed by atoms with Crippen LogP contribution in [-0.2, 0) is 33.3 Å². The molecule has 4 aromatic carbocycles. The number of ether oxygens (including phenoxy) is 4. The number of nitrogens with zero attached hydrogens (tertiary/aromatic N) is 6. The van der Waals surface area contributed by atoms with Crippen LogP contribution in [0.5, 0.6) is 5.75 Å². The van der Waals surface area contributed by atoms with Crippen LogP contribution in [0.4, 0.5) is 26.6 Å². The molecule has 5 aromatic rings. The zero-order chi connectivity index (χ0) is 52.7. The van der Waals surface area contributed by atoms with E-state index >= 15 is 4.39 Å². The Morgan fingerprint density at radius 1 is 0.878 bits per heavy atom. The summed E-state index contributed by atoms with van der Waals surface area (Å²) in [5, 5.41) is 20.9. The molecule has 6 N–H and O–H groups in total. The number of amides is 6. The summed E-state index contributed by atoms with van der Waals surface area (Å²) in [6.07, 6.45) is 0.955. The zero-order valence-corrected chi connectivity index (χ0v) is 42.0. The number of fused-ring (bicyclic) bond motifs is 2. The third-order valence-corrected chi connectivity index (χ3v) is 12.9. The van der Waals surface area contributed by atoms with Crippen molar-refractivity contribution in [2.24, 2.45) is 5.73 Å². The number of phenolic OH excluding ortho intramolecular Hbond substituents is 1. The first-order chi connectivity index (χ1) is 35.7. The molecule has 3 heterocycles. The van der Waals surface area contributed by atoms with Crippen LogP contribution in [0.15, 0.2) is 60.7 Å². The second-order valence-electron chi connectivity index (χ2n) is 17.5. The Hall–Kier alpha value is -7.24. The normalized spacial score (nSPS) is 14.8. The number of benzene rings is 4. The molecule has 0 saturated carbocycles. The van der Waals surface area contributed by atoms with Crippen LogP contribution in [0.1, 0.15) is 40.0 Å². The fourth-order valence-electron chi connectivity index (χ4n) is 8.63. The minimum absolute atomic E-state index is 0.0145. The number of hydrogen-bond acceptors (Lipinski definition) is 16. The predicted octanol–water partition coefficient (Wildman–Crippen LogP) is 4.28. The first-order valence-corrected chi connectivity index (χ1v) is 24.6. The first kappa shape index (κ1) is 54.5. The number of halogens is 2. The van der Waals surface area contributed by atoms with E-state index in [1.165, 1.54) is 29.0 Å². The number of nitrogens with two attached hydrogens (primary N) is 1. The number of carbonyl (C=O) groups is 6. The first-order valence-electron chi connectivity index (χ1n) is 24.2. The van der Waals surface area contributed by atoms with Crippen LogP contribution in [0, 0.1) is 5.82 Å². The number of phenols is 1. The molecule has 0 bridgehead atoms. The molecule has 0 spiro atoms. The lowest BCUT2D eigenvalue weighted by molar-refractivity contribution is -0.136. The maximum Gasteiger partial charge on any atom is 0.314 e. The SMILES string of the molecule is CN(CCOCCOCCOCCOCCNc1cccc(C=O)c1C(=O)N(C)C1CCC(=O)NC1=O)C(=O)CCNc1nc(N2CCN(C(N)=O)CC2)c2cc(Cl)c(-c3cc(O)cc4ccccc34)c(F)c2n1. The number of piperazine rings is 1. The van der Waals surface area contributed by atoms with Crippen LogP contribution >= 0.6 is 11.6 Å². The number of aldehydes is 1. The lowest BCUT2D eigenvalue weighted by atomic mass is 9.96. The monoisotopic (exact) mass is 1040 g/mol. The molecule has 6 amide bonds. The van der Waals surface area contributed by atoms with Crippen LogP contribution < -0.4 is 26.6 Å². The fourth-order valence-corrected chi connectivity index (χ4v) is 8.92. The molecule has 2 saturated heterocycles. The molecule has 0 aliphatic carbocycles. The number of likely N-dealkylation sites (N-methyl/N-ethyl adjacent to an activating group) is 2. The van der Waals surface area contributed by atoms with Crippen LogP contribution in [0.25, 0.3) is 32.8 Å². The van der Waals surface area contributed by atoms with Gasteiger partial charge in [-0.05, 0) is 47.0 Å². The van der Waals surface area contributed by atoms with Gasteiger partial charge in [0.25, 0.3) is 5.91 Å². The van der Waals surface area contributed by atoms with Crippen molar-refractivity contribution in [3.05, 3.63) is 82.6 Å². The molecule has 74 heavy (non-hydrogen) atoms. The molecular weight excluding hydrogens is 983 g/mol. The third kappa shape index (κ3) is 13.7. The maximum atomic E-state index is 16.9. The summed E-state index contributed by atoms with van der Waals surface area (Å²) in [7, 11) is 3.13. The van der Waals surface area contributed by atoms with Crippen molar-refractivity contribution >= 4 is 86.7 Å². The van der Waals surface area contributed by atoms with Crippen molar-refractivity contribution in [2.45, 2.75) is 25.3 Å². The molecular formula is C51H60ClFN10O11. The number of hydrogen-bond donors (Lipinski definition) is 5. The molecule has 1 atom stereocenters. The average molecular weight is 1040 g/mol. The van der Waals surface area contributed by atoms with E-state index in [1.807, 2.05) is 29.2 Å². The number of aromatic nitrogens is 2. The van der Waals surface area contributed by atoms with Gasteiger partial charge in [-0.25, -0.2) is 14.2 Å². The van der Waals surface area contributed by atoms with Gasteiger partial charge in [-0.2, -0.15) is 4.98 Å². The van der Waals surface area contributed by atoms with Gasteiger partial charge in [0.15, 0.2) is 12.1 Å². The van der Waals surface area contributed by atoms with E-state index in [1.54, 1.807) is 36.2 Å². The number of primary amides is 1. The van der Waals surface area contributed by atoms with Gasteiger partial charge in [-0.3, -0.25) is 29.3 Å². The van der Waals surface area contributed by atoms with Gasteiger partial charge in [0.05, 0.1) is 63.4 Å². The summed E-state index contributed by atoms with van der Waals surface area (Å²) in [5.74, 6) is -1.93. The minimum atomic E-state index is -0.838. The summed E-state index contributed by atoms with van der Waals surface area (Å²) in [5.41, 5.74) is 6.67. The van der Waals surface area contributed by atoms with Crippen molar-refractivity contribution in [3.8, 4) is 16.9 Å². The summed E-state index contributed by atoms with van der Waals surface area (Å²) in [6, 6.07) is 15.4. The Labute approximate surface area is 431 Å². The quantitative estimate of drug-likeness (QED) is 0.0311. The number of urea groups is 1. The molecule has 2 aliphatic rings. The molecule has 2 aliphatic heterocycles. The van der Waals surface area contributed by atoms with Gasteiger partial charge in [-0.15, -0.1) is 0 Å². The number of nitrogens with one attached hydrogen (secondary N) is 3. The standard InChI is InChI=1S/C51H60ClFN10O11/c1-60(19-21-72-23-25-74-27-26-73-24-22-71-20-14-55-39-9-5-7-33(31-64)43(39)49(69)61(2)40-10-11-41(66)57-48(40)68)42(67)12-13-56-51-58-46-37(47(59-51)62-15-17-63(18-16-62)50(54)70)30-38(52)44(45(46)53)36-29-34(65)28-32-6-3-4-8-35(32)36/h3-9,28-31,40,55,65H,10-27H2,1-2H3,(H2,54,70)(H,56,58,59)(H,57,66,68). The summed E-state index contributed by atoms with van der Waals surface area (Å²) < 4.78 is 39.4. The lowest BCUT2D eigenvalue weighted by Crippen LogP contribution is -2.53. The van der Waals surface area contributed by atoms with Gasteiger partial charge in [0.2, 0.25) is 23.7 Å². The second kappa shape index (κ2) is 26.1. The number of rotatable bonds is 25. The summed E-state index contributed by atoms with van der Waals surface area (Å²) in [4.78, 5) is 89.7. The van der Waals surface area contributed by atoms with Gasteiger partial charge in [0, 0.05) is 95.0 Å². The maximum absolute atomic E-state index is 16.9. The Kier molecular flexibility index (Phi) is 19.2. The minimum Gasteiger partial charge on any atom is -0.508 e. The number of imide groups is 1. The smallest absolute Gasteiger partial charge is 0.314 e. The van der Waals surface area contributed by atoms with E-state index in [0.717, 1.165) is 0 Å².